The number of pyridine rings is 1. The minimum absolute atomic E-state index is 0.160. The number of aromatic nitrogens is 3. The van der Waals surface area contributed by atoms with E-state index in [0.29, 0.717) is 30.9 Å². The predicted molar refractivity (Wildman–Crippen MR) is 121 cm³/mol. The van der Waals surface area contributed by atoms with Crippen LogP contribution in [0.25, 0.3) is 11.0 Å². The number of carbonyl (C=O) groups excluding carboxylic acids is 1. The number of alkyl halides is 2. The number of rotatable bonds is 4. The van der Waals surface area contributed by atoms with Crippen LogP contribution in [0.2, 0.25) is 0 Å². The van der Waals surface area contributed by atoms with E-state index in [1.807, 2.05) is 12.1 Å². The Morgan fingerprint density at radius 1 is 1.24 bits per heavy atom. The van der Waals surface area contributed by atoms with Crippen LogP contribution in [0.5, 0.6) is 0 Å². The van der Waals surface area contributed by atoms with E-state index in [1.165, 1.54) is 17.0 Å². The maximum Gasteiger partial charge on any atom is 0.416 e. The van der Waals surface area contributed by atoms with Crippen molar-refractivity contribution in [3.63, 3.8) is 0 Å². The molecule has 5 rings (SSSR count). The topological polar surface area (TPSA) is 84.0 Å². The van der Waals surface area contributed by atoms with Gasteiger partial charge < -0.3 is 9.30 Å². The van der Waals surface area contributed by atoms with Crippen molar-refractivity contribution in [2.75, 3.05) is 11.4 Å². The van der Waals surface area contributed by atoms with Crippen LogP contribution < -0.4 is 4.90 Å². The van der Waals surface area contributed by atoms with Crippen LogP contribution in [0.15, 0.2) is 42.9 Å². The molecular weight excluding hydrogens is 440 g/mol. The van der Waals surface area contributed by atoms with Gasteiger partial charge in [-0.2, -0.15) is 5.26 Å². The number of hydrogen-bond donors (Lipinski definition) is 0. The van der Waals surface area contributed by atoms with E-state index in [0.717, 1.165) is 43.4 Å². The zero-order chi connectivity index (χ0) is 24.1. The van der Waals surface area contributed by atoms with Crippen molar-refractivity contribution in [1.29, 1.82) is 5.26 Å². The quantitative estimate of drug-likeness (QED) is 0.516. The maximum absolute atomic E-state index is 13.5. The highest BCUT2D eigenvalue weighted by Crippen LogP contribution is 2.48. The minimum atomic E-state index is -2.99. The highest BCUT2D eigenvalue weighted by Gasteiger charge is 2.52. The molecule has 2 aromatic heterocycles. The van der Waals surface area contributed by atoms with Crippen molar-refractivity contribution in [2.24, 2.45) is 5.41 Å². The van der Waals surface area contributed by atoms with Gasteiger partial charge in [0.25, 0.3) is 5.92 Å². The summed E-state index contributed by atoms with van der Waals surface area (Å²) in [5.41, 5.74) is 1.30. The average Bonchev–Trinajstić information content (AvgIpc) is 3.32. The van der Waals surface area contributed by atoms with Crippen molar-refractivity contribution in [3.8, 4) is 6.07 Å². The molecule has 2 atom stereocenters. The van der Waals surface area contributed by atoms with E-state index in [2.05, 4.69) is 27.5 Å². The van der Waals surface area contributed by atoms with Gasteiger partial charge in [0.15, 0.2) is 0 Å². The number of nitriles is 1. The minimum Gasteiger partial charge on any atom is -0.441 e. The Hall–Kier alpha value is -3.54. The molecule has 176 valence electrons. The number of anilines is 1. The number of hydrogen-bond acceptors (Lipinski definition) is 5. The molecule has 2 unspecified atom stereocenters. The van der Waals surface area contributed by atoms with Gasteiger partial charge in [-0.25, -0.2) is 23.5 Å². The number of imidazole rings is 1. The summed E-state index contributed by atoms with van der Waals surface area (Å²) in [6.07, 6.45) is 5.65. The molecule has 1 amide bonds. The molecule has 1 saturated carbocycles. The van der Waals surface area contributed by atoms with E-state index in [4.69, 9.17) is 4.74 Å². The molecule has 3 heterocycles. The molecule has 1 saturated heterocycles. The number of ether oxygens (including phenoxy) is 1. The van der Waals surface area contributed by atoms with Gasteiger partial charge in [-0.05, 0) is 61.4 Å². The Bertz CT molecular complexity index is 1290. The molecule has 34 heavy (non-hydrogen) atoms. The van der Waals surface area contributed by atoms with Crippen LogP contribution >= 0.6 is 0 Å². The molecule has 3 aromatic rings. The lowest BCUT2D eigenvalue weighted by Gasteiger charge is -2.43. The Morgan fingerprint density at radius 2 is 2.06 bits per heavy atom. The van der Waals surface area contributed by atoms with Crippen LogP contribution in [0.1, 0.15) is 50.7 Å². The second-order valence-electron chi connectivity index (χ2n) is 9.96. The van der Waals surface area contributed by atoms with Gasteiger partial charge in [-0.15, -0.1) is 0 Å². The van der Waals surface area contributed by atoms with Gasteiger partial charge in [-0.3, -0.25) is 4.90 Å². The van der Waals surface area contributed by atoms with E-state index in [9.17, 15) is 18.8 Å². The number of amides is 1. The van der Waals surface area contributed by atoms with E-state index in [1.54, 1.807) is 12.4 Å². The van der Waals surface area contributed by atoms with Crippen molar-refractivity contribution in [3.05, 3.63) is 54.0 Å². The summed E-state index contributed by atoms with van der Waals surface area (Å²) in [4.78, 5) is 22.8. The number of carbonyl (C=O) groups is 1. The zero-order valence-electron chi connectivity index (χ0n) is 19.1. The predicted octanol–water partition coefficient (Wildman–Crippen LogP) is 5.39. The largest absolute Gasteiger partial charge is 0.441 e. The fourth-order valence-corrected chi connectivity index (χ4v) is 5.42. The lowest BCUT2D eigenvalue weighted by atomic mass is 9.68. The fraction of sp³-hybridized carbons (Fsp3) is 0.440. The van der Waals surface area contributed by atoms with E-state index >= 15 is 0 Å². The Balaban J connectivity index is 1.36. The molecule has 0 radical (unpaired) electrons. The summed E-state index contributed by atoms with van der Waals surface area (Å²) in [5.74, 6) is -2.68. The smallest absolute Gasteiger partial charge is 0.416 e. The SMILES string of the molecule is CC1(Cn2cnc3ccc(C#N)cc32)CCCC2(CN(c3ccc(C(C)(F)F)cn3)C(=O)O2)C1. The van der Waals surface area contributed by atoms with Gasteiger partial charge in [0.2, 0.25) is 0 Å². The van der Waals surface area contributed by atoms with Crippen molar-refractivity contribution >= 4 is 22.9 Å². The number of benzene rings is 1. The summed E-state index contributed by atoms with van der Waals surface area (Å²) in [6.45, 7) is 4.01. The second kappa shape index (κ2) is 7.76. The molecule has 1 aliphatic carbocycles. The monoisotopic (exact) mass is 465 g/mol. The lowest BCUT2D eigenvalue weighted by Crippen LogP contribution is -2.45. The first-order valence-electron chi connectivity index (χ1n) is 11.3. The Kier molecular flexibility index (Phi) is 5.08. The molecule has 0 bridgehead atoms. The maximum atomic E-state index is 13.5. The van der Waals surface area contributed by atoms with E-state index in [-0.39, 0.29) is 11.0 Å². The molecule has 2 aliphatic rings. The number of fused-ring (bicyclic) bond motifs is 1. The van der Waals surface area contributed by atoms with Gasteiger partial charge in [-0.1, -0.05) is 6.92 Å². The van der Waals surface area contributed by atoms with E-state index < -0.39 is 17.6 Å². The molecule has 7 nitrogen and oxygen atoms in total. The first kappa shape index (κ1) is 22.3. The lowest BCUT2D eigenvalue weighted by molar-refractivity contribution is -0.0264. The van der Waals surface area contributed by atoms with Crippen LogP contribution in [0.4, 0.5) is 19.4 Å². The highest BCUT2D eigenvalue weighted by atomic mass is 19.3. The standard InChI is InChI=1S/C25H25F2N5O2/c1-23(14-31-16-30-19-6-4-17(11-28)10-20(19)31)8-3-9-25(13-23)15-32(22(33)34-25)21-7-5-18(12-29-21)24(2,26)27/h4-7,10,12,16H,3,8-9,13-15H2,1-2H3. The summed E-state index contributed by atoms with van der Waals surface area (Å²) in [6, 6.07) is 10.4. The third-order valence-electron chi connectivity index (χ3n) is 6.97. The third kappa shape index (κ3) is 3.98. The summed E-state index contributed by atoms with van der Waals surface area (Å²) in [5, 5.41) is 9.26. The van der Waals surface area contributed by atoms with Crippen LogP contribution in [-0.4, -0.2) is 32.8 Å². The first-order chi connectivity index (χ1) is 16.1. The average molecular weight is 466 g/mol. The number of halogens is 2. The highest BCUT2D eigenvalue weighted by molar-refractivity contribution is 5.89. The van der Waals surface area contributed by atoms with Crippen LogP contribution in [-0.2, 0) is 17.2 Å². The van der Waals surface area contributed by atoms with Crippen molar-refractivity contribution in [1.82, 2.24) is 14.5 Å². The van der Waals surface area contributed by atoms with Crippen molar-refractivity contribution in [2.45, 2.75) is 57.6 Å². The fourth-order valence-electron chi connectivity index (χ4n) is 5.42. The second-order valence-corrected chi connectivity index (χ2v) is 9.96. The molecule has 1 aliphatic heterocycles. The molecule has 1 spiro atoms. The van der Waals surface area contributed by atoms with Crippen molar-refractivity contribution < 1.29 is 18.3 Å². The van der Waals surface area contributed by atoms with Gasteiger partial charge in [0, 0.05) is 25.2 Å². The molecule has 9 heteroatoms. The van der Waals surface area contributed by atoms with Crippen LogP contribution in [0.3, 0.4) is 0 Å². The normalized spacial score (nSPS) is 25.0. The van der Waals surface area contributed by atoms with Gasteiger partial charge in [0.1, 0.15) is 11.4 Å². The first-order valence-corrected chi connectivity index (χ1v) is 11.3. The Morgan fingerprint density at radius 3 is 2.76 bits per heavy atom. The summed E-state index contributed by atoms with van der Waals surface area (Å²) in [7, 11) is 0. The molecule has 0 N–H and O–H groups in total. The summed E-state index contributed by atoms with van der Waals surface area (Å²) < 4.78 is 35.1. The summed E-state index contributed by atoms with van der Waals surface area (Å²) >= 11 is 0. The Labute approximate surface area is 196 Å². The number of nitrogens with zero attached hydrogens (tertiary/aromatic N) is 5. The van der Waals surface area contributed by atoms with Gasteiger partial charge >= 0.3 is 6.09 Å². The molecule has 2 fully saturated rings. The van der Waals surface area contributed by atoms with Gasteiger partial charge in [0.05, 0.1) is 35.5 Å². The zero-order valence-corrected chi connectivity index (χ0v) is 19.1. The third-order valence-corrected chi connectivity index (χ3v) is 6.97. The van der Waals surface area contributed by atoms with Crippen LogP contribution in [0, 0.1) is 16.7 Å². The molecular formula is C25H25F2N5O2. The molecule has 1 aromatic carbocycles.